The van der Waals surface area contributed by atoms with Crippen molar-refractivity contribution < 1.29 is 35.5 Å². The van der Waals surface area contributed by atoms with E-state index in [0.29, 0.717) is 12.1 Å². The van der Waals surface area contributed by atoms with Crippen molar-refractivity contribution in [3.8, 4) is 11.3 Å². The van der Waals surface area contributed by atoms with Crippen molar-refractivity contribution in [3.05, 3.63) is 77.2 Å². The fraction of sp³-hybridized carbons (Fsp3) is 0.261. The maximum Gasteiger partial charge on any atom is 0.416 e. The van der Waals surface area contributed by atoms with E-state index < -0.39 is 40.8 Å². The molecule has 0 bridgehead atoms. The Morgan fingerprint density at radius 1 is 0.829 bits per heavy atom. The molecule has 0 N–H and O–H groups in total. The Bertz CT molecular complexity index is 1240. The number of amides is 1. The van der Waals surface area contributed by atoms with Crippen LogP contribution in [0.15, 0.2) is 54.7 Å². The highest BCUT2D eigenvalue weighted by atomic mass is 19.4. The maximum atomic E-state index is 13.7. The van der Waals surface area contributed by atoms with Gasteiger partial charge >= 0.3 is 12.4 Å². The summed E-state index contributed by atoms with van der Waals surface area (Å²) < 4.78 is 91.7. The van der Waals surface area contributed by atoms with E-state index >= 15 is 0 Å². The minimum absolute atomic E-state index is 0.105. The summed E-state index contributed by atoms with van der Waals surface area (Å²) in [5, 5.41) is 0. The molecule has 0 radical (unpaired) electrons. The van der Waals surface area contributed by atoms with Crippen LogP contribution in [-0.2, 0) is 12.4 Å². The fourth-order valence-corrected chi connectivity index (χ4v) is 3.69. The molecule has 0 saturated carbocycles. The second-order valence-electron chi connectivity index (χ2n) is 7.83. The third-order valence-electron chi connectivity index (χ3n) is 5.45. The lowest BCUT2D eigenvalue weighted by Gasteiger charge is -2.35. The van der Waals surface area contributed by atoms with Gasteiger partial charge in [0.15, 0.2) is 0 Å². The quantitative estimate of drug-likeness (QED) is 0.461. The van der Waals surface area contributed by atoms with Crippen molar-refractivity contribution in [2.24, 2.45) is 0 Å². The largest absolute Gasteiger partial charge is 0.416 e. The van der Waals surface area contributed by atoms with Gasteiger partial charge in [-0.2, -0.15) is 26.3 Å². The number of alkyl halides is 6. The van der Waals surface area contributed by atoms with Crippen molar-refractivity contribution in [1.82, 2.24) is 14.9 Å². The average Bonchev–Trinajstić information content (AvgIpc) is 2.82. The highest BCUT2D eigenvalue weighted by Gasteiger charge is 2.33. The molecule has 0 aliphatic carbocycles. The number of hydrogen-bond donors (Lipinski definition) is 0. The van der Waals surface area contributed by atoms with Gasteiger partial charge in [-0.05, 0) is 36.4 Å². The smallest absolute Gasteiger partial charge is 0.337 e. The molecular formula is C23H17F7N4O. The van der Waals surface area contributed by atoms with E-state index in [0.717, 1.165) is 18.2 Å². The second-order valence-corrected chi connectivity index (χ2v) is 7.83. The van der Waals surface area contributed by atoms with Crippen LogP contribution >= 0.6 is 0 Å². The highest BCUT2D eigenvalue weighted by Crippen LogP contribution is 2.32. The minimum Gasteiger partial charge on any atom is -0.337 e. The van der Waals surface area contributed by atoms with Gasteiger partial charge in [-0.1, -0.05) is 12.1 Å². The molecule has 5 nitrogen and oxygen atoms in total. The molecule has 1 amide bonds. The van der Waals surface area contributed by atoms with Crippen molar-refractivity contribution in [1.29, 1.82) is 0 Å². The van der Waals surface area contributed by atoms with Gasteiger partial charge in [-0.25, -0.2) is 14.4 Å². The Morgan fingerprint density at radius 2 is 1.51 bits per heavy atom. The number of carbonyl (C=O) groups is 1. The topological polar surface area (TPSA) is 49.3 Å². The summed E-state index contributed by atoms with van der Waals surface area (Å²) in [7, 11) is 0. The lowest BCUT2D eigenvalue weighted by Crippen LogP contribution is -2.49. The Balaban J connectivity index is 1.47. The Labute approximate surface area is 194 Å². The lowest BCUT2D eigenvalue weighted by atomic mass is 10.1. The number of aromatic nitrogens is 2. The summed E-state index contributed by atoms with van der Waals surface area (Å²) in [5.74, 6) is -1.67. The van der Waals surface area contributed by atoms with Gasteiger partial charge < -0.3 is 9.80 Å². The van der Waals surface area contributed by atoms with Crippen LogP contribution in [0.4, 0.5) is 36.7 Å². The molecule has 35 heavy (non-hydrogen) atoms. The molecule has 0 unspecified atom stereocenters. The summed E-state index contributed by atoms with van der Waals surface area (Å²) in [4.78, 5) is 24.2. The first-order chi connectivity index (χ1) is 16.4. The Morgan fingerprint density at radius 3 is 2.17 bits per heavy atom. The molecule has 184 valence electrons. The zero-order valence-electron chi connectivity index (χ0n) is 17.9. The first-order valence-electron chi connectivity index (χ1n) is 10.3. The van der Waals surface area contributed by atoms with Gasteiger partial charge in [0.05, 0.1) is 16.8 Å². The van der Waals surface area contributed by atoms with Gasteiger partial charge in [0.25, 0.3) is 5.91 Å². The van der Waals surface area contributed by atoms with E-state index in [2.05, 4.69) is 9.97 Å². The zero-order chi connectivity index (χ0) is 25.4. The van der Waals surface area contributed by atoms with Crippen molar-refractivity contribution in [3.63, 3.8) is 0 Å². The first kappa shape index (κ1) is 24.4. The van der Waals surface area contributed by atoms with Crippen LogP contribution in [0.5, 0.6) is 0 Å². The van der Waals surface area contributed by atoms with Crippen LogP contribution < -0.4 is 4.90 Å². The first-order valence-corrected chi connectivity index (χ1v) is 10.3. The highest BCUT2D eigenvalue weighted by molar-refractivity contribution is 5.94. The molecule has 0 atom stereocenters. The van der Waals surface area contributed by atoms with Crippen LogP contribution in [0.2, 0.25) is 0 Å². The van der Waals surface area contributed by atoms with Gasteiger partial charge in [0.2, 0.25) is 5.95 Å². The molecule has 0 spiro atoms. The molecule has 1 aliphatic rings. The number of hydrogen-bond acceptors (Lipinski definition) is 4. The molecule has 2 aromatic carbocycles. The van der Waals surface area contributed by atoms with Crippen molar-refractivity contribution in [2.45, 2.75) is 12.4 Å². The normalized spacial score (nSPS) is 14.8. The van der Waals surface area contributed by atoms with Crippen LogP contribution in [-0.4, -0.2) is 47.0 Å². The van der Waals surface area contributed by atoms with Crippen LogP contribution in [0, 0.1) is 5.82 Å². The van der Waals surface area contributed by atoms with E-state index in [1.54, 1.807) is 4.90 Å². The Kier molecular flexibility index (Phi) is 6.39. The van der Waals surface area contributed by atoms with Crippen LogP contribution in [0.25, 0.3) is 11.3 Å². The molecule has 1 saturated heterocycles. The maximum absolute atomic E-state index is 13.7. The van der Waals surface area contributed by atoms with Crippen molar-refractivity contribution >= 4 is 11.9 Å². The fourth-order valence-electron chi connectivity index (χ4n) is 3.69. The van der Waals surface area contributed by atoms with Gasteiger partial charge in [-0.3, -0.25) is 4.79 Å². The molecule has 1 aromatic heterocycles. The number of nitrogens with zero attached hydrogens (tertiary/aromatic N) is 4. The molecule has 4 rings (SSSR count). The summed E-state index contributed by atoms with van der Waals surface area (Å²) in [6.07, 6.45) is -7.89. The molecule has 1 fully saturated rings. The van der Waals surface area contributed by atoms with E-state index in [4.69, 9.17) is 0 Å². The number of benzene rings is 2. The summed E-state index contributed by atoms with van der Waals surface area (Å²) in [5.41, 5.74) is -1.94. The number of rotatable bonds is 3. The SMILES string of the molecule is O=C(c1cc(F)cc(C(F)(F)F)c1)N1CCN(c2nccc(-c3cccc(C(F)(F)F)c3)n2)CC1. The van der Waals surface area contributed by atoms with Crippen LogP contribution in [0.1, 0.15) is 21.5 Å². The molecular weight excluding hydrogens is 481 g/mol. The van der Waals surface area contributed by atoms with E-state index in [1.165, 1.54) is 29.3 Å². The van der Waals surface area contributed by atoms with E-state index in [-0.39, 0.29) is 43.4 Å². The molecule has 3 aromatic rings. The number of halogens is 7. The number of carbonyl (C=O) groups excluding carboxylic acids is 1. The third-order valence-corrected chi connectivity index (χ3v) is 5.45. The predicted octanol–water partition coefficient (Wildman–Crippen LogP) is 5.28. The number of anilines is 1. The molecule has 1 aliphatic heterocycles. The Hall–Kier alpha value is -3.70. The summed E-state index contributed by atoms with van der Waals surface area (Å²) >= 11 is 0. The average molecular weight is 498 g/mol. The number of piperazine rings is 1. The monoisotopic (exact) mass is 498 g/mol. The minimum atomic E-state index is -4.79. The summed E-state index contributed by atoms with van der Waals surface area (Å²) in [6, 6.07) is 7.87. The molecule has 2 heterocycles. The standard InChI is InChI=1S/C23H17F7N4O/c24-18-12-15(11-17(13-18)23(28,29)30)20(35)33-6-8-34(9-7-33)21-31-5-4-19(32-21)14-2-1-3-16(10-14)22(25,26)27/h1-5,10-13H,6-9H2. The van der Waals surface area contributed by atoms with Gasteiger partial charge in [0.1, 0.15) is 5.82 Å². The van der Waals surface area contributed by atoms with Crippen LogP contribution in [0.3, 0.4) is 0 Å². The van der Waals surface area contributed by atoms with Gasteiger partial charge in [0, 0.05) is 43.5 Å². The third kappa shape index (κ3) is 5.52. The zero-order valence-corrected chi connectivity index (χ0v) is 17.9. The van der Waals surface area contributed by atoms with Gasteiger partial charge in [-0.15, -0.1) is 0 Å². The predicted molar refractivity (Wildman–Crippen MR) is 112 cm³/mol. The van der Waals surface area contributed by atoms with E-state index in [9.17, 15) is 35.5 Å². The second kappa shape index (κ2) is 9.16. The lowest BCUT2D eigenvalue weighted by molar-refractivity contribution is -0.138. The van der Waals surface area contributed by atoms with E-state index in [1.807, 2.05) is 0 Å². The molecule has 12 heteroatoms. The summed E-state index contributed by atoms with van der Waals surface area (Å²) in [6.45, 7) is 0.653. The van der Waals surface area contributed by atoms with Crippen molar-refractivity contribution in [2.75, 3.05) is 31.1 Å².